The van der Waals surface area contributed by atoms with E-state index < -0.39 is 0 Å². The van der Waals surface area contributed by atoms with E-state index in [1.807, 2.05) is 26.0 Å². The summed E-state index contributed by atoms with van der Waals surface area (Å²) in [5.41, 5.74) is 6.88. The van der Waals surface area contributed by atoms with Crippen LogP contribution in [0.3, 0.4) is 0 Å². The molecule has 1 heteroatoms. The van der Waals surface area contributed by atoms with Gasteiger partial charge in [-0.15, -0.1) is 0 Å². The van der Waals surface area contributed by atoms with Crippen LogP contribution >= 0.6 is 0 Å². The van der Waals surface area contributed by atoms with E-state index in [2.05, 4.69) is 12.7 Å². The van der Waals surface area contributed by atoms with Crippen LogP contribution in [0.2, 0.25) is 0 Å². The average Bonchev–Trinajstić information content (AvgIpc) is 1.87. The fourth-order valence-corrected chi connectivity index (χ4v) is 0.929. The van der Waals surface area contributed by atoms with Crippen molar-refractivity contribution < 1.29 is 0 Å². The van der Waals surface area contributed by atoms with E-state index in [1.165, 1.54) is 5.57 Å². The lowest BCUT2D eigenvalue weighted by atomic mass is 10.1. The molecule has 0 rings (SSSR count). The lowest BCUT2D eigenvalue weighted by Crippen LogP contribution is -2.14. The van der Waals surface area contributed by atoms with E-state index in [-0.39, 0.29) is 6.04 Å². The van der Waals surface area contributed by atoms with E-state index in [9.17, 15) is 0 Å². The van der Waals surface area contributed by atoms with Gasteiger partial charge in [-0.25, -0.2) is 0 Å². The molecule has 0 radical (unpaired) electrons. The summed E-state index contributed by atoms with van der Waals surface area (Å²) in [5.74, 6) is 0. The molecular formula is C10H17N. The van der Waals surface area contributed by atoms with Crippen LogP contribution in [0.4, 0.5) is 0 Å². The van der Waals surface area contributed by atoms with Crippen molar-refractivity contribution in [3.63, 3.8) is 0 Å². The number of nitrogens with two attached hydrogens (primary N) is 1. The Hall–Kier alpha value is -0.820. The third-order valence-corrected chi connectivity index (χ3v) is 1.27. The highest BCUT2D eigenvalue weighted by atomic mass is 14.6. The predicted octanol–water partition coefficient (Wildman–Crippen LogP) is 2.41. The Bertz CT molecular complexity index is 164. The van der Waals surface area contributed by atoms with Crippen LogP contribution in [0.25, 0.3) is 0 Å². The molecule has 0 heterocycles. The lowest BCUT2D eigenvalue weighted by molar-refractivity contribution is 0.741. The highest BCUT2D eigenvalue weighted by Crippen LogP contribution is 2.05. The molecule has 1 atom stereocenters. The van der Waals surface area contributed by atoms with Crippen molar-refractivity contribution in [1.29, 1.82) is 0 Å². The van der Waals surface area contributed by atoms with E-state index in [0.717, 1.165) is 6.42 Å². The van der Waals surface area contributed by atoms with Gasteiger partial charge in [0.2, 0.25) is 0 Å². The Labute approximate surface area is 69.3 Å². The molecule has 2 N–H and O–H groups in total. The summed E-state index contributed by atoms with van der Waals surface area (Å²) in [4.78, 5) is 0. The molecule has 0 aliphatic rings. The maximum Gasteiger partial charge on any atom is 0.00509 e. The Kier molecular flexibility index (Phi) is 5.49. The molecule has 0 saturated heterocycles. The number of allylic oxidation sites excluding steroid dienone is 4. The molecule has 0 spiro atoms. The second-order valence-corrected chi connectivity index (χ2v) is 2.66. The van der Waals surface area contributed by atoms with Crippen molar-refractivity contribution in [3.05, 3.63) is 36.5 Å². The Morgan fingerprint density at radius 3 is 2.64 bits per heavy atom. The summed E-state index contributed by atoms with van der Waals surface area (Å²) in [6.45, 7) is 7.64. The number of rotatable bonds is 4. The van der Waals surface area contributed by atoms with Crippen molar-refractivity contribution >= 4 is 0 Å². The first-order chi connectivity index (χ1) is 5.20. The quantitative estimate of drug-likeness (QED) is 0.613. The van der Waals surface area contributed by atoms with Crippen LogP contribution in [-0.4, -0.2) is 6.04 Å². The second kappa shape index (κ2) is 5.93. The van der Waals surface area contributed by atoms with Crippen molar-refractivity contribution in [3.8, 4) is 0 Å². The lowest BCUT2D eigenvalue weighted by Gasteiger charge is -2.04. The Morgan fingerprint density at radius 2 is 2.27 bits per heavy atom. The van der Waals surface area contributed by atoms with Crippen molar-refractivity contribution in [1.82, 2.24) is 0 Å². The first-order valence-electron chi connectivity index (χ1n) is 3.90. The van der Waals surface area contributed by atoms with Gasteiger partial charge in [0.25, 0.3) is 0 Å². The SMILES string of the molecule is C=C/C=C(\C=C/C)CC(C)N. The van der Waals surface area contributed by atoms with E-state index >= 15 is 0 Å². The molecule has 11 heavy (non-hydrogen) atoms. The van der Waals surface area contributed by atoms with Gasteiger partial charge in [0.1, 0.15) is 0 Å². The van der Waals surface area contributed by atoms with Crippen molar-refractivity contribution in [2.75, 3.05) is 0 Å². The molecule has 0 amide bonds. The van der Waals surface area contributed by atoms with Gasteiger partial charge in [0.05, 0.1) is 0 Å². The molecular weight excluding hydrogens is 134 g/mol. The van der Waals surface area contributed by atoms with E-state index in [0.29, 0.717) is 0 Å². The number of hydrogen-bond donors (Lipinski definition) is 1. The second-order valence-electron chi connectivity index (χ2n) is 2.66. The molecule has 0 aromatic heterocycles. The van der Waals surface area contributed by atoms with Gasteiger partial charge in [0.15, 0.2) is 0 Å². The zero-order chi connectivity index (χ0) is 8.69. The molecule has 1 unspecified atom stereocenters. The highest BCUT2D eigenvalue weighted by Gasteiger charge is 1.95. The molecule has 0 bridgehead atoms. The molecule has 0 aromatic carbocycles. The largest absolute Gasteiger partial charge is 0.328 e. The van der Waals surface area contributed by atoms with Crippen LogP contribution in [0.5, 0.6) is 0 Å². The summed E-state index contributed by atoms with van der Waals surface area (Å²) in [7, 11) is 0. The third kappa shape index (κ3) is 5.62. The predicted molar refractivity (Wildman–Crippen MR) is 51.4 cm³/mol. The molecule has 0 aromatic rings. The van der Waals surface area contributed by atoms with Gasteiger partial charge in [-0.2, -0.15) is 0 Å². The van der Waals surface area contributed by atoms with Gasteiger partial charge >= 0.3 is 0 Å². The monoisotopic (exact) mass is 151 g/mol. The maximum atomic E-state index is 5.64. The van der Waals surface area contributed by atoms with Gasteiger partial charge in [-0.1, -0.05) is 30.9 Å². The summed E-state index contributed by atoms with van der Waals surface area (Å²) < 4.78 is 0. The minimum atomic E-state index is 0.220. The first-order valence-corrected chi connectivity index (χ1v) is 3.90. The zero-order valence-electron chi connectivity index (χ0n) is 7.38. The van der Waals surface area contributed by atoms with Gasteiger partial charge in [-0.05, 0) is 25.8 Å². The third-order valence-electron chi connectivity index (χ3n) is 1.27. The first kappa shape index (κ1) is 10.2. The van der Waals surface area contributed by atoms with Gasteiger partial charge in [-0.3, -0.25) is 0 Å². The number of hydrogen-bond acceptors (Lipinski definition) is 1. The summed E-state index contributed by atoms with van der Waals surface area (Å²) in [6.07, 6.45) is 8.76. The van der Waals surface area contributed by atoms with Crippen LogP contribution < -0.4 is 5.73 Å². The van der Waals surface area contributed by atoms with Crippen LogP contribution in [0, 0.1) is 0 Å². The minimum absolute atomic E-state index is 0.220. The standard InChI is InChI=1S/C10H17N/c1-4-6-10(7-5-2)8-9(3)11/h4-7,9H,1,8,11H2,2-3H3/b7-5-,10-6+. The highest BCUT2D eigenvalue weighted by molar-refractivity contribution is 5.23. The van der Waals surface area contributed by atoms with Gasteiger partial charge < -0.3 is 5.73 Å². The zero-order valence-corrected chi connectivity index (χ0v) is 7.38. The molecule has 1 nitrogen and oxygen atoms in total. The van der Waals surface area contributed by atoms with Crippen LogP contribution in [0.1, 0.15) is 20.3 Å². The fourth-order valence-electron chi connectivity index (χ4n) is 0.929. The topological polar surface area (TPSA) is 26.0 Å². The summed E-state index contributed by atoms with van der Waals surface area (Å²) in [5, 5.41) is 0. The fraction of sp³-hybridized carbons (Fsp3) is 0.400. The van der Waals surface area contributed by atoms with E-state index in [4.69, 9.17) is 5.73 Å². The molecule has 0 fully saturated rings. The smallest absolute Gasteiger partial charge is 0.00509 e. The normalized spacial score (nSPS) is 15.4. The maximum absolute atomic E-state index is 5.64. The molecule has 0 saturated carbocycles. The van der Waals surface area contributed by atoms with Crippen molar-refractivity contribution in [2.24, 2.45) is 5.73 Å². The molecule has 0 aliphatic carbocycles. The van der Waals surface area contributed by atoms with Crippen LogP contribution in [0.15, 0.2) is 36.5 Å². The summed E-state index contributed by atoms with van der Waals surface area (Å²) in [6, 6.07) is 0.220. The van der Waals surface area contributed by atoms with Crippen molar-refractivity contribution in [2.45, 2.75) is 26.3 Å². The molecule has 0 aliphatic heterocycles. The minimum Gasteiger partial charge on any atom is -0.328 e. The van der Waals surface area contributed by atoms with Crippen LogP contribution in [-0.2, 0) is 0 Å². The Balaban J connectivity index is 4.11. The molecule has 62 valence electrons. The average molecular weight is 151 g/mol. The summed E-state index contributed by atoms with van der Waals surface area (Å²) >= 11 is 0. The Morgan fingerprint density at radius 1 is 1.64 bits per heavy atom. The van der Waals surface area contributed by atoms with Gasteiger partial charge in [0, 0.05) is 6.04 Å². The van der Waals surface area contributed by atoms with E-state index in [1.54, 1.807) is 6.08 Å².